The summed E-state index contributed by atoms with van der Waals surface area (Å²) < 4.78 is 30.8. The molecule has 0 aliphatic carbocycles. The number of anilines is 1. The van der Waals surface area contributed by atoms with Gasteiger partial charge in [0.15, 0.2) is 0 Å². The molecule has 10 heteroatoms. The van der Waals surface area contributed by atoms with Crippen LogP contribution in [-0.2, 0) is 14.8 Å². The minimum absolute atomic E-state index is 0.0336. The molecule has 174 valence electrons. The zero-order valence-corrected chi connectivity index (χ0v) is 19.5. The van der Waals surface area contributed by atoms with Gasteiger partial charge < -0.3 is 10.1 Å². The lowest BCUT2D eigenvalue weighted by Crippen LogP contribution is -2.33. The summed E-state index contributed by atoms with van der Waals surface area (Å²) in [7, 11) is -2.07. The largest absolute Gasteiger partial charge is 0.496 e. The van der Waals surface area contributed by atoms with Gasteiger partial charge in [0.25, 0.3) is 5.69 Å². The Balaban J connectivity index is 2.03. The number of rotatable bonds is 11. The molecule has 1 unspecified atom stereocenters. The number of nitro benzene ring substituents is 1. The molecular formula is C22H29N3O6S. The minimum Gasteiger partial charge on any atom is -0.496 e. The van der Waals surface area contributed by atoms with E-state index in [4.69, 9.17) is 4.74 Å². The molecule has 1 atom stereocenters. The lowest BCUT2D eigenvalue weighted by atomic mass is 10.0. The normalized spacial score (nSPS) is 12.1. The molecule has 9 nitrogen and oxygen atoms in total. The maximum absolute atomic E-state index is 12.5. The van der Waals surface area contributed by atoms with Gasteiger partial charge >= 0.3 is 0 Å². The number of methoxy groups -OCH3 is 1. The Kier molecular flexibility index (Phi) is 8.59. The molecule has 0 radical (unpaired) electrons. The Bertz CT molecular complexity index is 1070. The zero-order valence-electron chi connectivity index (χ0n) is 18.7. The van der Waals surface area contributed by atoms with Crippen molar-refractivity contribution in [1.29, 1.82) is 0 Å². The van der Waals surface area contributed by atoms with Gasteiger partial charge in [-0.2, -0.15) is 0 Å². The fourth-order valence-electron chi connectivity index (χ4n) is 3.44. The molecule has 2 rings (SSSR count). The van der Waals surface area contributed by atoms with Crippen molar-refractivity contribution in [3.8, 4) is 5.75 Å². The third-order valence-corrected chi connectivity index (χ3v) is 6.25. The van der Waals surface area contributed by atoms with Crippen LogP contribution in [0, 0.1) is 17.0 Å². The summed E-state index contributed by atoms with van der Waals surface area (Å²) in [6.07, 6.45) is 2.11. The predicted molar refractivity (Wildman–Crippen MR) is 123 cm³/mol. The Morgan fingerprint density at radius 1 is 1.25 bits per heavy atom. The molecule has 0 saturated heterocycles. The van der Waals surface area contributed by atoms with Crippen LogP contribution < -0.4 is 14.4 Å². The Morgan fingerprint density at radius 2 is 1.97 bits per heavy atom. The van der Waals surface area contributed by atoms with Gasteiger partial charge in [-0.3, -0.25) is 19.2 Å². The number of hydrogen-bond acceptors (Lipinski definition) is 6. The van der Waals surface area contributed by atoms with Crippen molar-refractivity contribution in [2.45, 2.75) is 39.2 Å². The molecule has 2 aromatic carbocycles. The van der Waals surface area contributed by atoms with Gasteiger partial charge in [-0.25, -0.2) is 8.42 Å². The fourth-order valence-corrected chi connectivity index (χ4v) is 4.39. The van der Waals surface area contributed by atoms with E-state index in [1.165, 1.54) is 24.3 Å². The molecule has 0 aliphatic heterocycles. The van der Waals surface area contributed by atoms with Crippen LogP contribution in [0.4, 0.5) is 11.4 Å². The lowest BCUT2D eigenvalue weighted by Gasteiger charge is -2.23. The van der Waals surface area contributed by atoms with E-state index < -0.39 is 14.9 Å². The van der Waals surface area contributed by atoms with Gasteiger partial charge in [-0.05, 0) is 43.0 Å². The molecule has 0 fully saturated rings. The van der Waals surface area contributed by atoms with E-state index in [-0.39, 0.29) is 42.7 Å². The average Bonchev–Trinajstić information content (AvgIpc) is 2.74. The highest BCUT2D eigenvalue weighted by atomic mass is 32.2. The number of nitrogens with zero attached hydrogens (tertiary/aromatic N) is 2. The van der Waals surface area contributed by atoms with E-state index in [1.54, 1.807) is 7.11 Å². The van der Waals surface area contributed by atoms with Crippen LogP contribution in [0.1, 0.15) is 43.4 Å². The topological polar surface area (TPSA) is 119 Å². The summed E-state index contributed by atoms with van der Waals surface area (Å²) in [6.45, 7) is 3.94. The highest BCUT2D eigenvalue weighted by molar-refractivity contribution is 7.92. The SMILES string of the molecule is CCC(NC(=O)CCCN(c1cccc([N+](=O)[O-])c1)S(C)(=O)=O)c1ccc(OC)c(C)c1. The molecule has 32 heavy (non-hydrogen) atoms. The van der Waals surface area contributed by atoms with Crippen molar-refractivity contribution in [1.82, 2.24) is 5.32 Å². The highest BCUT2D eigenvalue weighted by Gasteiger charge is 2.20. The van der Waals surface area contributed by atoms with Crippen molar-refractivity contribution in [3.63, 3.8) is 0 Å². The Morgan fingerprint density at radius 3 is 2.53 bits per heavy atom. The predicted octanol–water partition coefficient (Wildman–Crippen LogP) is 3.73. The molecule has 0 aliphatic rings. The molecule has 0 saturated carbocycles. The van der Waals surface area contributed by atoms with Crippen molar-refractivity contribution in [2.24, 2.45) is 0 Å². The maximum Gasteiger partial charge on any atom is 0.271 e. The number of carbonyl (C=O) groups is 1. The van der Waals surface area contributed by atoms with Crippen LogP contribution in [-0.4, -0.2) is 39.2 Å². The average molecular weight is 464 g/mol. The van der Waals surface area contributed by atoms with Crippen LogP contribution in [0.2, 0.25) is 0 Å². The number of amides is 1. The summed E-state index contributed by atoms with van der Waals surface area (Å²) >= 11 is 0. The number of ether oxygens (including phenoxy) is 1. The molecule has 0 spiro atoms. The van der Waals surface area contributed by atoms with Crippen LogP contribution in [0.25, 0.3) is 0 Å². The Hall–Kier alpha value is -3.14. The molecule has 0 bridgehead atoms. The summed E-state index contributed by atoms with van der Waals surface area (Å²) in [6, 6.07) is 11.0. The molecular weight excluding hydrogens is 434 g/mol. The first-order valence-electron chi connectivity index (χ1n) is 10.2. The van der Waals surface area contributed by atoms with Gasteiger partial charge in [0.05, 0.1) is 30.0 Å². The van der Waals surface area contributed by atoms with Crippen LogP contribution >= 0.6 is 0 Å². The molecule has 1 N–H and O–H groups in total. The van der Waals surface area contributed by atoms with E-state index in [0.29, 0.717) is 6.42 Å². The summed E-state index contributed by atoms with van der Waals surface area (Å²) in [5, 5.41) is 14.0. The second-order valence-electron chi connectivity index (χ2n) is 7.47. The van der Waals surface area contributed by atoms with Gasteiger partial charge in [0, 0.05) is 25.1 Å². The number of carbonyl (C=O) groups excluding carboxylic acids is 1. The first kappa shape index (κ1) is 25.1. The second kappa shape index (κ2) is 10.9. The molecule has 1 amide bonds. The maximum atomic E-state index is 12.5. The van der Waals surface area contributed by atoms with Gasteiger partial charge in [0.2, 0.25) is 15.9 Å². The number of aryl methyl sites for hydroxylation is 1. The Labute approximate surface area is 188 Å². The van der Waals surface area contributed by atoms with Crippen molar-refractivity contribution in [3.05, 3.63) is 63.7 Å². The van der Waals surface area contributed by atoms with Crippen molar-refractivity contribution >= 4 is 27.3 Å². The summed E-state index contributed by atoms with van der Waals surface area (Å²) in [5.74, 6) is 0.578. The van der Waals surface area contributed by atoms with Crippen molar-refractivity contribution < 1.29 is 22.9 Å². The summed E-state index contributed by atoms with van der Waals surface area (Å²) in [5.41, 5.74) is 1.93. The second-order valence-corrected chi connectivity index (χ2v) is 9.38. The van der Waals surface area contributed by atoms with Gasteiger partial charge in [-0.1, -0.05) is 25.1 Å². The fraction of sp³-hybridized carbons (Fsp3) is 0.409. The number of hydrogen-bond donors (Lipinski definition) is 1. The number of sulfonamides is 1. The third kappa shape index (κ3) is 6.68. The number of nitrogens with one attached hydrogen (secondary N) is 1. The minimum atomic E-state index is -3.67. The number of nitro groups is 1. The van der Waals surface area contributed by atoms with E-state index >= 15 is 0 Å². The van der Waals surface area contributed by atoms with E-state index in [1.807, 2.05) is 32.0 Å². The standard InChI is InChI=1S/C22H29N3O6S/c1-5-20(17-11-12-21(31-3)16(2)14-17)23-22(26)10-7-13-24(32(4,29)30)18-8-6-9-19(15-18)25(27)28/h6,8-9,11-12,14-15,20H,5,7,10,13H2,1-4H3,(H,23,26). The molecule has 2 aromatic rings. The number of non-ortho nitro benzene ring substituents is 1. The van der Waals surface area contributed by atoms with E-state index in [2.05, 4.69) is 5.32 Å². The highest BCUT2D eigenvalue weighted by Crippen LogP contribution is 2.25. The van der Waals surface area contributed by atoms with Crippen LogP contribution in [0.3, 0.4) is 0 Å². The molecule has 0 aromatic heterocycles. The van der Waals surface area contributed by atoms with Crippen LogP contribution in [0.15, 0.2) is 42.5 Å². The first-order valence-corrected chi connectivity index (χ1v) is 12.1. The molecule has 0 heterocycles. The van der Waals surface area contributed by atoms with Gasteiger partial charge in [0.1, 0.15) is 5.75 Å². The van der Waals surface area contributed by atoms with E-state index in [0.717, 1.165) is 27.4 Å². The third-order valence-electron chi connectivity index (χ3n) is 5.06. The van der Waals surface area contributed by atoms with Gasteiger partial charge in [-0.15, -0.1) is 0 Å². The smallest absolute Gasteiger partial charge is 0.271 e. The first-order chi connectivity index (χ1) is 15.1. The zero-order chi connectivity index (χ0) is 23.9. The van der Waals surface area contributed by atoms with E-state index in [9.17, 15) is 23.3 Å². The monoisotopic (exact) mass is 463 g/mol. The number of benzene rings is 2. The lowest BCUT2D eigenvalue weighted by molar-refractivity contribution is -0.384. The summed E-state index contributed by atoms with van der Waals surface area (Å²) in [4.78, 5) is 22.9. The van der Waals surface area contributed by atoms with Crippen LogP contribution in [0.5, 0.6) is 5.75 Å². The van der Waals surface area contributed by atoms with Crippen molar-refractivity contribution in [2.75, 3.05) is 24.2 Å². The quantitative estimate of drug-likeness (QED) is 0.401.